The van der Waals surface area contributed by atoms with E-state index in [1.54, 1.807) is 11.3 Å². The molecule has 0 aromatic carbocycles. The van der Waals surface area contributed by atoms with Crippen molar-refractivity contribution >= 4 is 22.2 Å². The van der Waals surface area contributed by atoms with Gasteiger partial charge in [-0.15, -0.1) is 10.2 Å². The van der Waals surface area contributed by atoms with Crippen molar-refractivity contribution in [3.8, 4) is 0 Å². The Morgan fingerprint density at radius 2 is 1.95 bits per heavy atom. The molecule has 4 rings (SSSR count). The van der Waals surface area contributed by atoms with Crippen LogP contribution >= 0.6 is 11.3 Å². The van der Waals surface area contributed by atoms with Gasteiger partial charge in [0.15, 0.2) is 5.82 Å². The molecule has 20 heavy (non-hydrogen) atoms. The highest BCUT2D eigenvalue weighted by molar-refractivity contribution is 7.16. The predicted octanol–water partition coefficient (Wildman–Crippen LogP) is 1.61. The Kier molecular flexibility index (Phi) is 2.76. The van der Waals surface area contributed by atoms with Gasteiger partial charge < -0.3 is 4.90 Å². The lowest BCUT2D eigenvalue weighted by molar-refractivity contribution is -0.133. The first-order valence-corrected chi connectivity index (χ1v) is 8.01. The minimum absolute atomic E-state index is 0.337. The van der Waals surface area contributed by atoms with Crippen molar-refractivity contribution in [2.75, 3.05) is 13.1 Å². The number of piperidine rings is 1. The summed E-state index contributed by atoms with van der Waals surface area (Å²) >= 11 is 1.63. The van der Waals surface area contributed by atoms with Gasteiger partial charge >= 0.3 is 0 Å². The number of aryl methyl sites for hydroxylation is 1. The molecule has 0 N–H and O–H groups in total. The van der Waals surface area contributed by atoms with Crippen molar-refractivity contribution in [2.45, 2.75) is 38.5 Å². The molecule has 1 aliphatic carbocycles. The maximum Gasteiger partial charge on any atom is 0.234 e. The van der Waals surface area contributed by atoms with Gasteiger partial charge in [0.1, 0.15) is 5.01 Å². The first-order chi connectivity index (χ1) is 9.72. The molecule has 2 aromatic rings. The fourth-order valence-corrected chi connectivity index (χ4v) is 3.88. The van der Waals surface area contributed by atoms with Gasteiger partial charge in [0, 0.05) is 24.9 Å². The summed E-state index contributed by atoms with van der Waals surface area (Å²) in [6, 6.07) is 0. The van der Waals surface area contributed by atoms with E-state index in [4.69, 9.17) is 0 Å². The molecule has 2 aliphatic rings. The van der Waals surface area contributed by atoms with E-state index < -0.39 is 0 Å². The van der Waals surface area contributed by atoms with Crippen LogP contribution in [-0.2, 0) is 4.79 Å². The maximum atomic E-state index is 12.0. The molecule has 1 aliphatic heterocycles. The van der Waals surface area contributed by atoms with E-state index in [0.29, 0.717) is 17.7 Å². The lowest BCUT2D eigenvalue weighted by atomic mass is 9.97. The minimum Gasteiger partial charge on any atom is -0.342 e. The number of rotatable bonds is 2. The topological polar surface area (TPSA) is 63.4 Å². The molecule has 7 heteroatoms. The van der Waals surface area contributed by atoms with Crippen molar-refractivity contribution in [1.82, 2.24) is 24.7 Å². The third-order valence-corrected chi connectivity index (χ3v) is 5.31. The van der Waals surface area contributed by atoms with E-state index in [2.05, 4.69) is 15.3 Å². The van der Waals surface area contributed by atoms with Crippen LogP contribution in [0.3, 0.4) is 0 Å². The highest BCUT2D eigenvalue weighted by Gasteiger charge is 2.35. The second kappa shape index (κ2) is 4.51. The summed E-state index contributed by atoms with van der Waals surface area (Å²) in [5.74, 6) is 2.01. The summed E-state index contributed by atoms with van der Waals surface area (Å²) in [6.45, 7) is 3.67. The third kappa shape index (κ3) is 2.00. The van der Waals surface area contributed by atoms with Crippen LogP contribution in [0.4, 0.5) is 0 Å². The largest absolute Gasteiger partial charge is 0.342 e. The van der Waals surface area contributed by atoms with Crippen molar-refractivity contribution in [1.29, 1.82) is 0 Å². The van der Waals surface area contributed by atoms with Gasteiger partial charge in [0.25, 0.3) is 0 Å². The highest BCUT2D eigenvalue weighted by atomic mass is 32.1. The van der Waals surface area contributed by atoms with E-state index in [1.165, 1.54) is 0 Å². The lowest BCUT2D eigenvalue weighted by Gasteiger charge is -2.31. The average molecular weight is 291 g/mol. The molecular formula is C13H17N5OS. The molecule has 0 atom stereocenters. The van der Waals surface area contributed by atoms with E-state index in [1.807, 2.05) is 16.3 Å². The van der Waals surface area contributed by atoms with Crippen molar-refractivity contribution in [2.24, 2.45) is 5.92 Å². The summed E-state index contributed by atoms with van der Waals surface area (Å²) in [6.07, 6.45) is 4.21. The first-order valence-electron chi connectivity index (χ1n) is 7.20. The van der Waals surface area contributed by atoms with Crippen LogP contribution in [0.1, 0.15) is 42.4 Å². The van der Waals surface area contributed by atoms with Gasteiger partial charge in [0.05, 0.1) is 0 Å². The van der Waals surface area contributed by atoms with E-state index in [0.717, 1.165) is 54.6 Å². The Hall–Kier alpha value is -1.50. The zero-order valence-corrected chi connectivity index (χ0v) is 12.3. The predicted molar refractivity (Wildman–Crippen MR) is 74.7 cm³/mol. The van der Waals surface area contributed by atoms with E-state index in [-0.39, 0.29) is 0 Å². The zero-order valence-electron chi connectivity index (χ0n) is 11.4. The standard InChI is InChI=1S/C13H17N5OS/c1-8-14-15-13-18(8)16-11(20-13)9-4-6-17(7-5-9)12(19)10-2-3-10/h9-10H,2-7H2,1H3. The van der Waals surface area contributed by atoms with Gasteiger partial charge in [-0.3, -0.25) is 4.79 Å². The van der Waals surface area contributed by atoms with Gasteiger partial charge in [-0.1, -0.05) is 11.3 Å². The quantitative estimate of drug-likeness (QED) is 0.843. The smallest absolute Gasteiger partial charge is 0.234 e. The van der Waals surface area contributed by atoms with Gasteiger partial charge in [-0.05, 0) is 32.6 Å². The third-order valence-electron chi connectivity index (χ3n) is 4.24. The summed E-state index contributed by atoms with van der Waals surface area (Å²) in [4.78, 5) is 14.9. The number of carbonyl (C=O) groups excluding carboxylic acids is 1. The van der Waals surface area contributed by atoms with Crippen LogP contribution in [0.5, 0.6) is 0 Å². The van der Waals surface area contributed by atoms with E-state index in [9.17, 15) is 4.79 Å². The summed E-state index contributed by atoms with van der Waals surface area (Å²) in [7, 11) is 0. The fraction of sp³-hybridized carbons (Fsp3) is 0.692. The second-order valence-electron chi connectivity index (χ2n) is 5.76. The molecule has 2 fully saturated rings. The molecule has 106 valence electrons. The molecule has 0 bridgehead atoms. The van der Waals surface area contributed by atoms with Crippen LogP contribution < -0.4 is 0 Å². The second-order valence-corrected chi connectivity index (χ2v) is 6.74. The number of nitrogens with zero attached hydrogens (tertiary/aromatic N) is 5. The Morgan fingerprint density at radius 1 is 1.20 bits per heavy atom. The van der Waals surface area contributed by atoms with Gasteiger partial charge in [-0.2, -0.15) is 9.61 Å². The Bertz CT molecular complexity index is 651. The number of aromatic nitrogens is 4. The summed E-state index contributed by atoms with van der Waals surface area (Å²) in [5, 5.41) is 13.9. The average Bonchev–Trinajstić information content (AvgIpc) is 3.14. The SMILES string of the molecule is Cc1nnc2sc(C3CCN(C(=O)C4CC4)CC3)nn12. The van der Waals surface area contributed by atoms with Crippen molar-refractivity contribution < 1.29 is 4.79 Å². The molecule has 0 spiro atoms. The Morgan fingerprint density at radius 3 is 2.60 bits per heavy atom. The number of carbonyl (C=O) groups is 1. The molecule has 0 unspecified atom stereocenters. The number of hydrogen-bond donors (Lipinski definition) is 0. The Balaban J connectivity index is 1.46. The normalized spacial score (nSPS) is 20.8. The molecule has 3 heterocycles. The van der Waals surface area contributed by atoms with Crippen LogP contribution in [0.2, 0.25) is 0 Å². The molecule has 1 amide bonds. The molecular weight excluding hydrogens is 274 g/mol. The van der Waals surface area contributed by atoms with Gasteiger partial charge in [-0.25, -0.2) is 0 Å². The van der Waals surface area contributed by atoms with Crippen molar-refractivity contribution in [3.63, 3.8) is 0 Å². The molecule has 1 saturated heterocycles. The molecule has 6 nitrogen and oxygen atoms in total. The van der Waals surface area contributed by atoms with Crippen LogP contribution in [0.25, 0.3) is 4.96 Å². The number of likely N-dealkylation sites (tertiary alicyclic amines) is 1. The zero-order chi connectivity index (χ0) is 13.7. The first kappa shape index (κ1) is 12.3. The minimum atomic E-state index is 0.337. The van der Waals surface area contributed by atoms with Crippen LogP contribution in [0, 0.1) is 12.8 Å². The van der Waals surface area contributed by atoms with Crippen molar-refractivity contribution in [3.05, 3.63) is 10.8 Å². The molecule has 1 saturated carbocycles. The summed E-state index contributed by atoms with van der Waals surface area (Å²) < 4.78 is 1.82. The van der Waals surface area contributed by atoms with Crippen LogP contribution in [0.15, 0.2) is 0 Å². The monoisotopic (exact) mass is 291 g/mol. The number of fused-ring (bicyclic) bond motifs is 1. The summed E-state index contributed by atoms with van der Waals surface area (Å²) in [5.41, 5.74) is 0. The Labute approximate surface area is 120 Å². The fourth-order valence-electron chi connectivity index (χ4n) is 2.83. The number of amides is 1. The van der Waals surface area contributed by atoms with E-state index >= 15 is 0 Å². The van der Waals surface area contributed by atoms with Crippen LogP contribution in [-0.4, -0.2) is 43.7 Å². The number of hydrogen-bond acceptors (Lipinski definition) is 5. The highest BCUT2D eigenvalue weighted by Crippen LogP contribution is 2.35. The molecule has 2 aromatic heterocycles. The van der Waals surface area contributed by atoms with Gasteiger partial charge in [0.2, 0.25) is 10.9 Å². The maximum absolute atomic E-state index is 12.0. The lowest BCUT2D eigenvalue weighted by Crippen LogP contribution is -2.38. The molecule has 0 radical (unpaired) electrons.